The first kappa shape index (κ1) is 14.9. The predicted octanol–water partition coefficient (Wildman–Crippen LogP) is 0.835. The van der Waals surface area contributed by atoms with E-state index in [2.05, 4.69) is 11.9 Å². The molecule has 3 N–H and O–H groups in total. The Hall–Kier alpha value is -0.160. The van der Waals surface area contributed by atoms with E-state index in [0.717, 1.165) is 51.8 Å². The quantitative estimate of drug-likeness (QED) is 0.621. The molecule has 0 heterocycles. The van der Waals surface area contributed by atoms with Crippen LogP contribution in [-0.2, 0) is 4.74 Å². The molecule has 1 aliphatic rings. The zero-order valence-corrected chi connectivity index (χ0v) is 11.3. The van der Waals surface area contributed by atoms with Crippen molar-refractivity contribution in [1.82, 2.24) is 4.90 Å². The maximum atomic E-state index is 10.3. The van der Waals surface area contributed by atoms with Crippen LogP contribution in [0.4, 0.5) is 0 Å². The van der Waals surface area contributed by atoms with E-state index in [0.29, 0.717) is 12.5 Å². The number of nitrogens with two attached hydrogens (primary N) is 1. The highest BCUT2D eigenvalue weighted by molar-refractivity contribution is 4.93. The molecule has 0 aliphatic heterocycles. The van der Waals surface area contributed by atoms with Crippen molar-refractivity contribution in [3.8, 4) is 0 Å². The molecule has 0 spiro atoms. The average molecular weight is 244 g/mol. The molecule has 0 aromatic heterocycles. The maximum absolute atomic E-state index is 10.3. The van der Waals surface area contributed by atoms with Gasteiger partial charge in [-0.15, -0.1) is 0 Å². The molecule has 2 unspecified atom stereocenters. The van der Waals surface area contributed by atoms with Gasteiger partial charge in [-0.2, -0.15) is 0 Å². The van der Waals surface area contributed by atoms with Crippen LogP contribution in [0.3, 0.4) is 0 Å². The van der Waals surface area contributed by atoms with E-state index in [4.69, 9.17) is 10.5 Å². The first-order valence-corrected chi connectivity index (χ1v) is 6.72. The monoisotopic (exact) mass is 244 g/mol. The molecule has 17 heavy (non-hydrogen) atoms. The van der Waals surface area contributed by atoms with Crippen LogP contribution in [0.2, 0.25) is 0 Å². The van der Waals surface area contributed by atoms with Gasteiger partial charge in [-0.05, 0) is 45.2 Å². The van der Waals surface area contributed by atoms with Gasteiger partial charge in [-0.25, -0.2) is 0 Å². The predicted molar refractivity (Wildman–Crippen MR) is 70.0 cm³/mol. The van der Waals surface area contributed by atoms with Crippen LogP contribution in [0, 0.1) is 5.92 Å². The standard InChI is InChI=1S/C13H28N2O2/c1-15(8-4-10-17-2)9-6-12-5-3-7-13(12,16)11-14/h12,16H,3-11,14H2,1-2H3. The van der Waals surface area contributed by atoms with Gasteiger partial charge >= 0.3 is 0 Å². The summed E-state index contributed by atoms with van der Waals surface area (Å²) in [6.45, 7) is 3.32. The molecule has 0 radical (unpaired) electrons. The van der Waals surface area contributed by atoms with Gasteiger partial charge in [0.25, 0.3) is 0 Å². The lowest BCUT2D eigenvalue weighted by Crippen LogP contribution is -2.42. The van der Waals surface area contributed by atoms with Crippen LogP contribution in [0.1, 0.15) is 32.1 Å². The van der Waals surface area contributed by atoms with Crippen LogP contribution in [-0.4, -0.2) is 56.0 Å². The van der Waals surface area contributed by atoms with Gasteiger partial charge in [-0.1, -0.05) is 6.42 Å². The number of hydrogen-bond donors (Lipinski definition) is 2. The molecule has 0 aromatic rings. The molecule has 4 nitrogen and oxygen atoms in total. The Morgan fingerprint density at radius 3 is 2.88 bits per heavy atom. The van der Waals surface area contributed by atoms with E-state index in [1.54, 1.807) is 7.11 Å². The third-order valence-electron chi connectivity index (χ3n) is 4.02. The lowest BCUT2D eigenvalue weighted by molar-refractivity contribution is 0.00518. The molecule has 0 saturated heterocycles. The van der Waals surface area contributed by atoms with Crippen molar-refractivity contribution in [3.63, 3.8) is 0 Å². The number of methoxy groups -OCH3 is 1. The summed E-state index contributed by atoms with van der Waals surface area (Å²) in [5.74, 6) is 0.386. The van der Waals surface area contributed by atoms with Crippen molar-refractivity contribution in [2.24, 2.45) is 11.7 Å². The SMILES string of the molecule is COCCCN(C)CCC1CCCC1(O)CN. The van der Waals surface area contributed by atoms with Gasteiger partial charge < -0.3 is 20.5 Å². The molecule has 1 rings (SSSR count). The van der Waals surface area contributed by atoms with Gasteiger partial charge in [-0.3, -0.25) is 0 Å². The second-order valence-corrected chi connectivity index (χ2v) is 5.34. The van der Waals surface area contributed by atoms with E-state index in [1.165, 1.54) is 0 Å². The first-order valence-electron chi connectivity index (χ1n) is 6.72. The lowest BCUT2D eigenvalue weighted by Gasteiger charge is -2.30. The molecule has 4 heteroatoms. The topological polar surface area (TPSA) is 58.7 Å². The van der Waals surface area contributed by atoms with Crippen molar-refractivity contribution in [1.29, 1.82) is 0 Å². The Morgan fingerprint density at radius 2 is 2.24 bits per heavy atom. The summed E-state index contributed by atoms with van der Waals surface area (Å²) < 4.78 is 5.04. The van der Waals surface area contributed by atoms with E-state index in [9.17, 15) is 5.11 Å². The fraction of sp³-hybridized carbons (Fsp3) is 1.00. The molecule has 0 aromatic carbocycles. The normalized spacial score (nSPS) is 29.1. The highest BCUT2D eigenvalue weighted by atomic mass is 16.5. The summed E-state index contributed by atoms with van der Waals surface area (Å²) >= 11 is 0. The van der Waals surface area contributed by atoms with Crippen LogP contribution >= 0.6 is 0 Å². The molecule has 2 atom stereocenters. The third kappa shape index (κ3) is 4.54. The smallest absolute Gasteiger partial charge is 0.0797 e. The highest BCUT2D eigenvalue weighted by Crippen LogP contribution is 2.37. The van der Waals surface area contributed by atoms with E-state index in [1.807, 2.05) is 0 Å². The molecule has 102 valence electrons. The van der Waals surface area contributed by atoms with Gasteiger partial charge in [0.05, 0.1) is 5.60 Å². The van der Waals surface area contributed by atoms with Crippen molar-refractivity contribution >= 4 is 0 Å². The van der Waals surface area contributed by atoms with E-state index in [-0.39, 0.29) is 0 Å². The number of aliphatic hydroxyl groups is 1. The minimum Gasteiger partial charge on any atom is -0.388 e. The zero-order valence-electron chi connectivity index (χ0n) is 11.3. The third-order valence-corrected chi connectivity index (χ3v) is 4.02. The first-order chi connectivity index (χ1) is 8.12. The van der Waals surface area contributed by atoms with Crippen molar-refractivity contribution in [3.05, 3.63) is 0 Å². The molecule has 0 bridgehead atoms. The van der Waals surface area contributed by atoms with Gasteiger partial charge in [0.1, 0.15) is 0 Å². The lowest BCUT2D eigenvalue weighted by atomic mass is 9.88. The fourth-order valence-electron chi connectivity index (χ4n) is 2.78. The Morgan fingerprint density at radius 1 is 1.47 bits per heavy atom. The Bertz CT molecular complexity index is 214. The van der Waals surface area contributed by atoms with E-state index < -0.39 is 5.60 Å². The number of rotatable bonds is 8. The molecular formula is C13H28N2O2. The largest absolute Gasteiger partial charge is 0.388 e. The summed E-state index contributed by atoms with van der Waals surface area (Å²) in [6, 6.07) is 0. The van der Waals surface area contributed by atoms with Crippen molar-refractivity contribution < 1.29 is 9.84 Å². The van der Waals surface area contributed by atoms with Gasteiger partial charge in [0.15, 0.2) is 0 Å². The Balaban J connectivity index is 2.21. The number of nitrogens with zero attached hydrogens (tertiary/aromatic N) is 1. The van der Waals surface area contributed by atoms with Crippen molar-refractivity contribution in [2.45, 2.75) is 37.7 Å². The summed E-state index contributed by atoms with van der Waals surface area (Å²) in [5.41, 5.74) is 5.09. The van der Waals surface area contributed by atoms with Crippen LogP contribution in [0.5, 0.6) is 0 Å². The molecule has 1 saturated carbocycles. The minimum absolute atomic E-state index is 0.386. The number of hydrogen-bond acceptors (Lipinski definition) is 4. The zero-order chi connectivity index (χ0) is 12.7. The summed E-state index contributed by atoms with van der Waals surface area (Å²) in [5, 5.41) is 10.3. The second-order valence-electron chi connectivity index (χ2n) is 5.34. The molecule has 1 fully saturated rings. The fourth-order valence-corrected chi connectivity index (χ4v) is 2.78. The summed E-state index contributed by atoms with van der Waals surface area (Å²) in [7, 11) is 3.87. The van der Waals surface area contributed by atoms with E-state index >= 15 is 0 Å². The molecule has 0 amide bonds. The average Bonchev–Trinajstić information content (AvgIpc) is 2.69. The molecule has 1 aliphatic carbocycles. The van der Waals surface area contributed by atoms with Gasteiger partial charge in [0.2, 0.25) is 0 Å². The van der Waals surface area contributed by atoms with Crippen LogP contribution in [0.25, 0.3) is 0 Å². The van der Waals surface area contributed by atoms with Gasteiger partial charge in [0, 0.05) is 26.8 Å². The van der Waals surface area contributed by atoms with Crippen LogP contribution in [0.15, 0.2) is 0 Å². The summed E-state index contributed by atoms with van der Waals surface area (Å²) in [6.07, 6.45) is 5.24. The minimum atomic E-state index is -0.590. The maximum Gasteiger partial charge on any atom is 0.0797 e. The highest BCUT2D eigenvalue weighted by Gasteiger charge is 2.39. The Kier molecular flexibility index (Phi) is 6.41. The Labute approximate surface area is 105 Å². The van der Waals surface area contributed by atoms with Crippen LogP contribution < -0.4 is 5.73 Å². The summed E-state index contributed by atoms with van der Waals surface area (Å²) in [4.78, 5) is 2.31. The second kappa shape index (κ2) is 7.31. The number of ether oxygens (including phenoxy) is 1. The molecular weight excluding hydrogens is 216 g/mol. The van der Waals surface area contributed by atoms with Crippen molar-refractivity contribution in [2.75, 3.05) is 40.4 Å².